The Morgan fingerprint density at radius 1 is 0.265 bits per heavy atom. The van der Waals surface area contributed by atoms with Gasteiger partial charge in [-0.15, -0.1) is 0 Å². The predicted molar refractivity (Wildman–Crippen MR) is 427 cm³/mol. The Morgan fingerprint density at radius 2 is 0.451 bits per heavy atom. The molecule has 0 radical (unpaired) electrons. The van der Waals surface area contributed by atoms with E-state index in [4.69, 9.17) is 18.9 Å². The zero-order valence-corrected chi connectivity index (χ0v) is 77.9. The van der Waals surface area contributed by atoms with Gasteiger partial charge in [-0.1, -0.05) is 270 Å². The summed E-state index contributed by atoms with van der Waals surface area (Å²) in [4.78, 5) is 95.9. The second kappa shape index (κ2) is 26.2. The van der Waals surface area contributed by atoms with Gasteiger partial charge in [0.2, 0.25) is 23.0 Å². The van der Waals surface area contributed by atoms with Gasteiger partial charge in [-0.3, -0.25) is 19.2 Å². The Labute approximate surface area is 630 Å². The summed E-state index contributed by atoms with van der Waals surface area (Å²) >= 11 is 0. The Morgan fingerprint density at radius 3 is 0.627 bits per heavy atom. The summed E-state index contributed by atoms with van der Waals surface area (Å²) in [5, 5.41) is 0. The first kappa shape index (κ1) is 96.8. The van der Waals surface area contributed by atoms with E-state index in [1.807, 2.05) is 72.4 Å². The van der Waals surface area contributed by atoms with Gasteiger partial charge in [0.15, 0.2) is 11.2 Å². The fourth-order valence-electron chi connectivity index (χ4n) is 21.3. The molecule has 14 heteroatoms. The van der Waals surface area contributed by atoms with Crippen LogP contribution in [0.3, 0.4) is 0 Å². The maximum atomic E-state index is 16.1. The minimum atomic E-state index is -1.55. The molecule has 2 saturated heterocycles. The van der Waals surface area contributed by atoms with E-state index >= 15 is 14.4 Å². The highest BCUT2D eigenvalue weighted by atomic mass is 16.7. The average molecular weight is 1440 g/mol. The molecule has 0 spiro atoms. The molecule has 0 bridgehead atoms. The molecule has 6 unspecified atom stereocenters. The second-order valence-electron chi connectivity index (χ2n) is 46.7. The van der Waals surface area contributed by atoms with Gasteiger partial charge < -0.3 is 38.5 Å². The van der Waals surface area contributed by atoms with Gasteiger partial charge in [-0.2, -0.15) is 0 Å². The molecule has 2 rings (SSSR count). The molecule has 0 aromatic rings. The maximum Gasteiger partial charge on any atom is 0.342 e. The average Bonchev–Trinajstić information content (AvgIpc) is 1.33. The van der Waals surface area contributed by atoms with Crippen molar-refractivity contribution in [1.82, 2.24) is 19.6 Å². The number of hydrogen-bond donors (Lipinski definition) is 0. The van der Waals surface area contributed by atoms with Crippen molar-refractivity contribution in [1.29, 1.82) is 0 Å². The van der Waals surface area contributed by atoms with Gasteiger partial charge in [-0.25, -0.2) is 9.59 Å². The number of ether oxygens (including phenoxy) is 4. The van der Waals surface area contributed by atoms with E-state index in [1.165, 1.54) is 7.11 Å². The Bertz CT molecular complexity index is 3070. The van der Waals surface area contributed by atoms with E-state index in [2.05, 4.69) is 277 Å². The van der Waals surface area contributed by atoms with Gasteiger partial charge in [-0.05, 0) is 159 Å². The predicted octanol–water partition coefficient (Wildman–Crippen LogP) is 21.0. The summed E-state index contributed by atoms with van der Waals surface area (Å²) in [6.45, 7) is 110. The van der Waals surface area contributed by atoms with Gasteiger partial charge >= 0.3 is 11.9 Å². The summed E-state index contributed by atoms with van der Waals surface area (Å²) in [6, 6.07) is 0. The molecule has 0 aromatic heterocycles. The zero-order chi connectivity index (χ0) is 83.6. The molecular weight excluding hydrogens is 1270 g/mol. The molecule has 4 amide bonds. The van der Waals surface area contributed by atoms with Crippen LogP contribution < -0.4 is 0 Å². The number of carbonyl (C=O) groups is 6. The summed E-state index contributed by atoms with van der Waals surface area (Å²) in [5.74, 6) is -2.37. The van der Waals surface area contributed by atoms with E-state index in [0.29, 0.717) is 0 Å². The number of rotatable bonds is 19. The summed E-state index contributed by atoms with van der Waals surface area (Å²) in [7, 11) is 8.55. The highest BCUT2D eigenvalue weighted by Crippen LogP contribution is 2.71. The molecule has 2 aliphatic rings. The van der Waals surface area contributed by atoms with E-state index in [1.54, 1.807) is 51.6 Å². The third-order valence-corrected chi connectivity index (χ3v) is 34.1. The van der Waals surface area contributed by atoms with Crippen LogP contribution >= 0.6 is 0 Å². The lowest BCUT2D eigenvalue weighted by atomic mass is 9.40. The molecular formula is C88H168N4O10. The monoisotopic (exact) mass is 1440 g/mol. The number of esters is 2. The number of nitrogens with zero attached hydrogens (tertiary/aromatic N) is 4. The van der Waals surface area contributed by atoms with E-state index in [-0.39, 0.29) is 71.4 Å². The van der Waals surface area contributed by atoms with Gasteiger partial charge in [0.25, 0.3) is 11.8 Å². The Hall–Kier alpha value is -3.26. The van der Waals surface area contributed by atoms with Crippen molar-refractivity contribution in [2.24, 2.45) is 92.1 Å². The zero-order valence-electron chi connectivity index (χ0n) is 77.9. The van der Waals surface area contributed by atoms with Crippen LogP contribution in [0.2, 0.25) is 0 Å². The third-order valence-electron chi connectivity index (χ3n) is 34.1. The van der Waals surface area contributed by atoms with Gasteiger partial charge in [0.1, 0.15) is 16.7 Å². The van der Waals surface area contributed by atoms with Crippen LogP contribution in [-0.4, -0.2) is 141 Å². The highest BCUT2D eigenvalue weighted by Gasteiger charge is 2.80. The van der Waals surface area contributed by atoms with Crippen LogP contribution in [0.1, 0.15) is 353 Å². The number of likely N-dealkylation sites (N-methyl/N-ethyl adjacent to an activating group) is 4. The molecule has 14 nitrogen and oxygen atoms in total. The van der Waals surface area contributed by atoms with E-state index in [0.717, 1.165) is 0 Å². The summed E-state index contributed by atoms with van der Waals surface area (Å²) in [5.41, 5.74) is -17.1. The first-order valence-electron chi connectivity index (χ1n) is 38.4. The third kappa shape index (κ3) is 13.2. The second-order valence-corrected chi connectivity index (χ2v) is 46.7. The molecule has 2 fully saturated rings. The van der Waals surface area contributed by atoms with Crippen LogP contribution in [0.15, 0.2) is 0 Å². The summed E-state index contributed by atoms with van der Waals surface area (Å²) in [6.07, 6.45) is 0. The summed E-state index contributed by atoms with van der Waals surface area (Å²) < 4.78 is 23.3. The van der Waals surface area contributed by atoms with Crippen LogP contribution in [0, 0.1) is 92.1 Å². The number of epoxide rings is 2. The van der Waals surface area contributed by atoms with Crippen LogP contribution in [-0.2, 0) is 47.7 Å². The van der Waals surface area contributed by atoms with Crippen molar-refractivity contribution in [3.05, 3.63) is 0 Å². The SMILES string of the molecule is CN(C(=O)C(C)(N(C)C(=O)C1(C)OC1(C)C(=O)OC(C)(C)C(C)(C)C)C(C)(C)C(C)(C(C)(C)C)C(C)(C)C)C(C)(C)C(C)(C)C(C)(C(C)(C)C)C(C)(C)C.COC(=O)C1(C)OC1(C)C(=O)N(C)C(C)(C(=O)N(C)C(C)(C)C(C)(C)C(C)(C(C)(C)C)C(C)(C)C)C(C)(C)C(C)(C(C)(C)C)C(C)(C)C. The lowest BCUT2D eigenvalue weighted by molar-refractivity contribution is -0.209. The molecule has 6 atom stereocenters. The minimum absolute atomic E-state index is 0.113. The molecule has 102 heavy (non-hydrogen) atoms. The number of hydrogen-bond acceptors (Lipinski definition) is 10. The standard InChI is InChI=1S/C47H90N2O5.C41H78N2O5/c1-34(2,3)42(22,23)53-33(52)45(26)44(25,54-45)32(51)49(30)43(24,40(18,19)47(28,37(10,11)12)38(13,14)15)31(50)48(29)41(20,21)39(16,17)46(27,35(4,5)6)36(7,8)9;1-30(2,3)40(22,31(4,5)6)34(13,14)36(17,18)42(24)27(44)37(19,35(15,16)41(23,32(7,8)9)33(10,11)12)43(25)28(45)38(20)39(21,48-38)29(46)47-26/h1-30H3;1-26H3. The smallest absolute Gasteiger partial charge is 0.342 e. The first-order chi connectivity index (χ1) is 43.5. The largest absolute Gasteiger partial charge is 0.467 e. The van der Waals surface area contributed by atoms with Crippen molar-refractivity contribution in [2.45, 2.75) is 403 Å². The normalized spacial score (nSPS) is 23.0. The van der Waals surface area contributed by atoms with Crippen molar-refractivity contribution in [3.8, 4) is 0 Å². The first-order valence-corrected chi connectivity index (χ1v) is 38.4. The topological polar surface area (TPSA) is 159 Å². The lowest BCUT2D eigenvalue weighted by Gasteiger charge is -2.69. The van der Waals surface area contributed by atoms with Crippen LogP contribution in [0.4, 0.5) is 0 Å². The number of carbonyl (C=O) groups excluding carboxylic acids is 6. The van der Waals surface area contributed by atoms with Crippen molar-refractivity contribution < 1.29 is 47.7 Å². The van der Waals surface area contributed by atoms with Gasteiger partial charge in [0, 0.05) is 55.5 Å². The minimum Gasteiger partial charge on any atom is -0.467 e. The van der Waals surface area contributed by atoms with Crippen LogP contribution in [0.5, 0.6) is 0 Å². The molecule has 600 valence electrons. The van der Waals surface area contributed by atoms with E-state index in [9.17, 15) is 14.4 Å². The highest BCUT2D eigenvalue weighted by molar-refractivity contribution is 6.04. The van der Waals surface area contributed by atoms with Crippen molar-refractivity contribution in [2.75, 3.05) is 35.3 Å². The number of amides is 4. The fraction of sp³-hybridized carbons (Fsp3) is 0.932. The molecule has 2 heterocycles. The molecule has 0 N–H and O–H groups in total. The van der Waals surface area contributed by atoms with Gasteiger partial charge in [0.05, 0.1) is 7.11 Å². The number of methoxy groups -OCH3 is 1. The molecule has 2 aliphatic heterocycles. The van der Waals surface area contributed by atoms with E-state index < -0.39 is 106 Å². The quantitative estimate of drug-likeness (QED) is 0.0900. The van der Waals surface area contributed by atoms with Crippen molar-refractivity contribution >= 4 is 35.6 Å². The van der Waals surface area contributed by atoms with Crippen LogP contribution in [0.25, 0.3) is 0 Å². The maximum absolute atomic E-state index is 16.1. The Balaban J connectivity index is 0.00000103. The molecule has 0 aromatic carbocycles. The lowest BCUT2D eigenvalue weighted by Crippen LogP contribution is -2.75. The molecule has 0 saturated carbocycles. The molecule has 0 aliphatic carbocycles. The fourth-order valence-corrected chi connectivity index (χ4v) is 21.3. The van der Waals surface area contributed by atoms with Crippen molar-refractivity contribution in [3.63, 3.8) is 0 Å². The Kier molecular flexibility index (Phi) is 24.9.